The van der Waals surface area contributed by atoms with E-state index >= 15 is 0 Å². The van der Waals surface area contributed by atoms with Gasteiger partial charge in [0.25, 0.3) is 0 Å². The van der Waals surface area contributed by atoms with Crippen molar-refractivity contribution >= 4 is 15.9 Å². The summed E-state index contributed by atoms with van der Waals surface area (Å²) in [6, 6.07) is 0. The third kappa shape index (κ3) is 4.63. The fourth-order valence-electron chi connectivity index (χ4n) is 2.02. The molecule has 0 aromatic rings. The van der Waals surface area contributed by atoms with E-state index in [0.717, 1.165) is 0 Å². The lowest BCUT2D eigenvalue weighted by atomic mass is 10.2. The van der Waals surface area contributed by atoms with Crippen molar-refractivity contribution in [2.24, 2.45) is 0 Å². The van der Waals surface area contributed by atoms with Crippen molar-refractivity contribution in [3.05, 3.63) is 0 Å². The van der Waals surface area contributed by atoms with Crippen molar-refractivity contribution in [1.82, 2.24) is 0 Å². The Labute approximate surface area is 135 Å². The molecule has 1 rings (SSSR count). The first-order valence-electron chi connectivity index (χ1n) is 7.59. The Hall–Kier alpha value is 0.247. The predicted octanol–water partition coefficient (Wildman–Crippen LogP) is 3.62. The molecule has 0 unspecified atom stereocenters. The highest BCUT2D eigenvalue weighted by Crippen LogP contribution is 2.54. The first kappa shape index (κ1) is 20.3. The molecule has 1 aliphatic rings. The second kappa shape index (κ2) is 7.43. The molecule has 1 fully saturated rings. The summed E-state index contributed by atoms with van der Waals surface area (Å²) < 4.78 is 40.4. The van der Waals surface area contributed by atoms with Gasteiger partial charge in [0.1, 0.15) is 5.66 Å². The van der Waals surface area contributed by atoms with Gasteiger partial charge >= 0.3 is 7.60 Å². The van der Waals surface area contributed by atoms with Crippen LogP contribution in [0.3, 0.4) is 0 Å². The molecule has 0 bridgehead atoms. The van der Waals surface area contributed by atoms with Crippen LogP contribution in [0.15, 0.2) is 0 Å². The topological polar surface area (TPSA) is 63.2 Å². The van der Waals surface area contributed by atoms with Crippen LogP contribution in [0.5, 0.6) is 0 Å². The van der Waals surface area contributed by atoms with E-state index in [9.17, 15) is 4.57 Å². The van der Waals surface area contributed by atoms with Gasteiger partial charge in [0.2, 0.25) is 0 Å². The quantitative estimate of drug-likeness (QED) is 0.536. The zero-order valence-corrected chi connectivity index (χ0v) is 16.9. The van der Waals surface area contributed by atoms with Gasteiger partial charge in [-0.15, -0.1) is 0 Å². The van der Waals surface area contributed by atoms with Crippen LogP contribution in [0.25, 0.3) is 0 Å². The van der Waals surface area contributed by atoms with E-state index in [1.165, 1.54) is 14.2 Å². The minimum atomic E-state index is -3.28. The molecule has 0 radical (unpaired) electrons. The number of rotatable bonds is 6. The monoisotopic (exact) mass is 354 g/mol. The zero-order valence-electron chi connectivity index (χ0n) is 15.0. The Balaban J connectivity index is 2.85. The Morgan fingerprint density at radius 2 is 1.77 bits per heavy atom. The maximum absolute atomic E-state index is 12.7. The average Bonchev–Trinajstić information content (AvgIpc) is 2.43. The van der Waals surface area contributed by atoms with Crippen LogP contribution in [-0.4, -0.2) is 53.8 Å². The second-order valence-electron chi connectivity index (χ2n) is 7.12. The fraction of sp³-hybridized carbons (Fsp3) is 1.00. The Bertz CT molecular complexity index is 401. The summed E-state index contributed by atoms with van der Waals surface area (Å²) in [6.07, 6.45) is -0.727. The minimum absolute atomic E-state index is 0.103. The molecule has 0 spiro atoms. The maximum Gasteiger partial charge on any atom is 0.338 e. The Morgan fingerprint density at radius 1 is 1.23 bits per heavy atom. The molecule has 0 N–H and O–H groups in total. The van der Waals surface area contributed by atoms with Crippen LogP contribution in [0, 0.1) is 0 Å². The van der Waals surface area contributed by atoms with Crippen molar-refractivity contribution in [3.63, 3.8) is 0 Å². The van der Waals surface area contributed by atoms with E-state index in [-0.39, 0.29) is 24.0 Å². The van der Waals surface area contributed by atoms with E-state index in [1.54, 1.807) is 0 Å². The standard InChI is InChI=1S/C14H31O6PSi/c1-11-18-10-13(21(15,16-5)17-6)12(20-11)9-19-22(7,8)14(2,3)4/h11-13H,9-10H2,1-8H3/t11-,12+,13-/m1/s1. The van der Waals surface area contributed by atoms with E-state index in [0.29, 0.717) is 6.61 Å². The van der Waals surface area contributed by atoms with E-state index < -0.39 is 21.6 Å². The lowest BCUT2D eigenvalue weighted by Gasteiger charge is -2.41. The van der Waals surface area contributed by atoms with E-state index in [2.05, 4.69) is 33.9 Å². The molecule has 8 heteroatoms. The smallest absolute Gasteiger partial charge is 0.338 e. The summed E-state index contributed by atoms with van der Waals surface area (Å²) in [5, 5.41) is 0.103. The van der Waals surface area contributed by atoms with Crippen LogP contribution in [0.4, 0.5) is 0 Å². The van der Waals surface area contributed by atoms with Crippen molar-refractivity contribution < 1.29 is 27.5 Å². The highest BCUT2D eigenvalue weighted by Gasteiger charge is 2.46. The maximum atomic E-state index is 12.7. The number of hydrogen-bond donors (Lipinski definition) is 0. The van der Waals surface area contributed by atoms with Crippen LogP contribution < -0.4 is 0 Å². The highest BCUT2D eigenvalue weighted by atomic mass is 31.2. The van der Waals surface area contributed by atoms with Gasteiger partial charge in [0.05, 0.1) is 19.3 Å². The molecule has 3 atom stereocenters. The second-order valence-corrected chi connectivity index (χ2v) is 14.4. The number of hydrogen-bond acceptors (Lipinski definition) is 6. The largest absolute Gasteiger partial charge is 0.414 e. The molecule has 1 heterocycles. The minimum Gasteiger partial charge on any atom is -0.414 e. The normalized spacial score (nSPS) is 27.9. The van der Waals surface area contributed by atoms with Crippen molar-refractivity contribution in [1.29, 1.82) is 0 Å². The molecule has 0 saturated carbocycles. The third-order valence-corrected chi connectivity index (χ3v) is 11.4. The summed E-state index contributed by atoms with van der Waals surface area (Å²) in [5.74, 6) is 0. The lowest BCUT2D eigenvalue weighted by molar-refractivity contribution is -0.208. The molecule has 1 saturated heterocycles. The van der Waals surface area contributed by atoms with Gasteiger partial charge < -0.3 is 22.9 Å². The first-order chi connectivity index (χ1) is 9.97. The molecular weight excluding hydrogens is 323 g/mol. The molecule has 132 valence electrons. The van der Waals surface area contributed by atoms with Gasteiger partial charge in [-0.3, -0.25) is 4.57 Å². The Morgan fingerprint density at radius 3 is 2.23 bits per heavy atom. The van der Waals surface area contributed by atoms with Gasteiger partial charge in [0, 0.05) is 14.2 Å². The van der Waals surface area contributed by atoms with E-state index in [4.69, 9.17) is 22.9 Å². The molecule has 0 aliphatic carbocycles. The summed E-state index contributed by atoms with van der Waals surface area (Å²) in [4.78, 5) is 0. The molecule has 1 aliphatic heterocycles. The fourth-order valence-corrected chi connectivity index (χ4v) is 4.55. The molecule has 0 aromatic heterocycles. The molecule has 6 nitrogen and oxygen atoms in total. The lowest BCUT2D eigenvalue weighted by Crippen LogP contribution is -2.49. The third-order valence-electron chi connectivity index (χ3n) is 4.63. The SMILES string of the molecule is COP(=O)(OC)[C@@H]1CO[C@@H](C)O[C@H]1CO[Si](C)(C)C(C)(C)C. The molecule has 0 aromatic carbocycles. The predicted molar refractivity (Wildman–Crippen MR) is 88.8 cm³/mol. The first-order valence-corrected chi connectivity index (χ1v) is 12.1. The zero-order chi connectivity index (χ0) is 17.2. The molecule has 0 amide bonds. The molecule has 22 heavy (non-hydrogen) atoms. The Kier molecular flexibility index (Phi) is 6.85. The van der Waals surface area contributed by atoms with Crippen molar-refractivity contribution in [3.8, 4) is 0 Å². The van der Waals surface area contributed by atoms with Crippen molar-refractivity contribution in [2.75, 3.05) is 27.4 Å². The van der Waals surface area contributed by atoms with Gasteiger partial charge in [-0.1, -0.05) is 20.8 Å². The van der Waals surface area contributed by atoms with Gasteiger partial charge in [-0.2, -0.15) is 0 Å². The van der Waals surface area contributed by atoms with E-state index in [1.807, 2.05) is 6.92 Å². The van der Waals surface area contributed by atoms with Gasteiger partial charge in [0.15, 0.2) is 14.6 Å². The van der Waals surface area contributed by atoms with Crippen LogP contribution >= 0.6 is 7.60 Å². The van der Waals surface area contributed by atoms with Crippen molar-refractivity contribution in [2.45, 2.75) is 63.9 Å². The highest BCUT2D eigenvalue weighted by molar-refractivity contribution is 7.54. The number of ether oxygens (including phenoxy) is 2. The van der Waals surface area contributed by atoms with Gasteiger partial charge in [-0.05, 0) is 25.1 Å². The summed E-state index contributed by atoms with van der Waals surface area (Å²) in [7, 11) is -2.42. The summed E-state index contributed by atoms with van der Waals surface area (Å²) >= 11 is 0. The average molecular weight is 354 g/mol. The van der Waals surface area contributed by atoms with Crippen LogP contribution in [-0.2, 0) is 27.5 Å². The summed E-state index contributed by atoms with van der Waals surface area (Å²) in [6.45, 7) is 13.4. The van der Waals surface area contributed by atoms with Crippen LogP contribution in [0.1, 0.15) is 27.7 Å². The summed E-state index contributed by atoms with van der Waals surface area (Å²) in [5.41, 5.74) is -0.483. The van der Waals surface area contributed by atoms with Gasteiger partial charge in [-0.25, -0.2) is 0 Å². The molecular formula is C14H31O6PSi. The van der Waals surface area contributed by atoms with Crippen LogP contribution in [0.2, 0.25) is 18.1 Å².